The van der Waals surface area contributed by atoms with E-state index in [0.29, 0.717) is 13.0 Å². The average molecular weight is 156 g/mol. The molecule has 0 aromatic heterocycles. The van der Waals surface area contributed by atoms with E-state index in [1.54, 1.807) is 0 Å². The van der Waals surface area contributed by atoms with E-state index in [9.17, 15) is 9.59 Å². The van der Waals surface area contributed by atoms with E-state index in [0.717, 1.165) is 11.0 Å². The second-order valence-electron chi connectivity index (χ2n) is 2.03. The molecule has 11 heavy (non-hydrogen) atoms. The van der Waals surface area contributed by atoms with Crippen LogP contribution >= 0.6 is 0 Å². The fraction of sp³-hybridized carbons (Fsp3) is 0.429. The summed E-state index contributed by atoms with van der Waals surface area (Å²) in [6.45, 7) is 5.45. The molecule has 0 aliphatic rings. The van der Waals surface area contributed by atoms with Crippen LogP contribution in [0.3, 0.4) is 0 Å². The van der Waals surface area contributed by atoms with Gasteiger partial charge in [0.2, 0.25) is 0 Å². The van der Waals surface area contributed by atoms with Crippen molar-refractivity contribution in [2.24, 2.45) is 5.73 Å². The zero-order valence-corrected chi connectivity index (χ0v) is 6.54. The minimum absolute atomic E-state index is 0.347. The number of carbonyl (C=O) groups is 2. The van der Waals surface area contributed by atoms with Crippen molar-refractivity contribution in [2.75, 3.05) is 6.54 Å². The molecule has 0 aromatic rings. The summed E-state index contributed by atoms with van der Waals surface area (Å²) in [5.74, 6) is -0.445. The lowest BCUT2D eigenvalue weighted by Crippen LogP contribution is -2.40. The first kappa shape index (κ1) is 9.68. The van der Waals surface area contributed by atoms with E-state index < -0.39 is 11.9 Å². The van der Waals surface area contributed by atoms with Crippen molar-refractivity contribution in [3.8, 4) is 0 Å². The standard InChI is InChI=1S/C7H12N2O2/c1-3-5-9(7(8)11)6(10)4-2/h4H,2-3,5H2,1H3,(H2,8,11). The van der Waals surface area contributed by atoms with Crippen LogP contribution in [0.25, 0.3) is 0 Å². The van der Waals surface area contributed by atoms with Crippen LogP contribution < -0.4 is 5.73 Å². The first-order valence-electron chi connectivity index (χ1n) is 3.36. The second kappa shape index (κ2) is 4.49. The van der Waals surface area contributed by atoms with Gasteiger partial charge in [0.05, 0.1) is 0 Å². The third-order valence-corrected chi connectivity index (χ3v) is 1.15. The van der Waals surface area contributed by atoms with Gasteiger partial charge in [-0.3, -0.25) is 9.69 Å². The molecule has 0 saturated heterocycles. The molecule has 0 rings (SSSR count). The second-order valence-corrected chi connectivity index (χ2v) is 2.03. The van der Waals surface area contributed by atoms with Crippen LogP contribution in [-0.4, -0.2) is 23.4 Å². The molecule has 0 heterocycles. The molecule has 62 valence electrons. The van der Waals surface area contributed by atoms with Gasteiger partial charge in [-0.15, -0.1) is 0 Å². The number of hydrogen-bond donors (Lipinski definition) is 1. The van der Waals surface area contributed by atoms with Crippen LogP contribution in [0.1, 0.15) is 13.3 Å². The lowest BCUT2D eigenvalue weighted by Gasteiger charge is -2.14. The van der Waals surface area contributed by atoms with Gasteiger partial charge in [0.25, 0.3) is 5.91 Å². The summed E-state index contributed by atoms with van der Waals surface area (Å²) in [4.78, 5) is 22.4. The van der Waals surface area contributed by atoms with Crippen molar-refractivity contribution >= 4 is 11.9 Å². The third-order valence-electron chi connectivity index (χ3n) is 1.15. The van der Waals surface area contributed by atoms with Crippen LogP contribution in [0.2, 0.25) is 0 Å². The Balaban J connectivity index is 4.20. The molecule has 0 saturated carbocycles. The van der Waals surface area contributed by atoms with E-state index >= 15 is 0 Å². The summed E-state index contributed by atoms with van der Waals surface area (Å²) < 4.78 is 0. The number of imide groups is 1. The number of nitrogens with zero attached hydrogens (tertiary/aromatic N) is 1. The zero-order chi connectivity index (χ0) is 8.85. The molecule has 3 amide bonds. The fourth-order valence-electron chi connectivity index (χ4n) is 0.663. The Morgan fingerprint density at radius 2 is 2.18 bits per heavy atom. The maximum Gasteiger partial charge on any atom is 0.321 e. The van der Waals surface area contributed by atoms with E-state index in [1.165, 1.54) is 0 Å². The van der Waals surface area contributed by atoms with Crippen molar-refractivity contribution in [3.05, 3.63) is 12.7 Å². The van der Waals surface area contributed by atoms with E-state index in [4.69, 9.17) is 5.73 Å². The Kier molecular flexibility index (Phi) is 3.95. The number of carbonyl (C=O) groups excluding carboxylic acids is 2. The normalized spacial score (nSPS) is 8.82. The lowest BCUT2D eigenvalue weighted by molar-refractivity contribution is -0.123. The molecule has 0 atom stereocenters. The average Bonchev–Trinajstić information content (AvgIpc) is 1.98. The Bertz CT molecular complexity index is 177. The predicted molar refractivity (Wildman–Crippen MR) is 41.8 cm³/mol. The molecule has 0 unspecified atom stereocenters. The van der Waals surface area contributed by atoms with Crippen LogP contribution in [0.4, 0.5) is 4.79 Å². The number of rotatable bonds is 3. The van der Waals surface area contributed by atoms with Crippen molar-refractivity contribution in [1.82, 2.24) is 4.90 Å². The van der Waals surface area contributed by atoms with Gasteiger partial charge in [-0.2, -0.15) is 0 Å². The molecule has 0 spiro atoms. The number of amides is 3. The van der Waals surface area contributed by atoms with Gasteiger partial charge in [0.1, 0.15) is 0 Å². The Hall–Kier alpha value is -1.32. The van der Waals surface area contributed by atoms with E-state index in [-0.39, 0.29) is 0 Å². The molecule has 0 bridgehead atoms. The minimum Gasteiger partial charge on any atom is -0.351 e. The van der Waals surface area contributed by atoms with Gasteiger partial charge >= 0.3 is 6.03 Å². The van der Waals surface area contributed by atoms with Crippen molar-refractivity contribution in [3.63, 3.8) is 0 Å². The van der Waals surface area contributed by atoms with Gasteiger partial charge in [-0.1, -0.05) is 13.5 Å². The van der Waals surface area contributed by atoms with Crippen LogP contribution in [0.15, 0.2) is 12.7 Å². The van der Waals surface area contributed by atoms with Gasteiger partial charge in [0, 0.05) is 6.54 Å². The molecule has 2 N–H and O–H groups in total. The first-order valence-corrected chi connectivity index (χ1v) is 3.36. The highest BCUT2D eigenvalue weighted by molar-refractivity contribution is 5.99. The Labute approximate surface area is 65.7 Å². The largest absolute Gasteiger partial charge is 0.351 e. The molecule has 4 nitrogen and oxygen atoms in total. The molecular formula is C7H12N2O2. The summed E-state index contributed by atoms with van der Waals surface area (Å²) in [5.41, 5.74) is 4.92. The quantitative estimate of drug-likeness (QED) is 0.604. The smallest absolute Gasteiger partial charge is 0.321 e. The summed E-state index contributed by atoms with van der Waals surface area (Å²) in [6.07, 6.45) is 1.77. The summed E-state index contributed by atoms with van der Waals surface area (Å²) in [6, 6.07) is -0.725. The Morgan fingerprint density at radius 3 is 2.45 bits per heavy atom. The fourth-order valence-corrected chi connectivity index (χ4v) is 0.663. The lowest BCUT2D eigenvalue weighted by atomic mass is 10.4. The number of nitrogens with two attached hydrogens (primary N) is 1. The van der Waals surface area contributed by atoms with Crippen LogP contribution in [0, 0.1) is 0 Å². The van der Waals surface area contributed by atoms with E-state index in [2.05, 4.69) is 6.58 Å². The SMILES string of the molecule is C=CC(=O)N(CCC)C(N)=O. The monoisotopic (exact) mass is 156 g/mol. The molecule has 0 aromatic carbocycles. The number of primary amides is 1. The highest BCUT2D eigenvalue weighted by Gasteiger charge is 2.13. The van der Waals surface area contributed by atoms with Gasteiger partial charge in [0.15, 0.2) is 0 Å². The van der Waals surface area contributed by atoms with Gasteiger partial charge < -0.3 is 5.73 Å². The molecule has 0 aliphatic carbocycles. The Morgan fingerprint density at radius 1 is 1.64 bits per heavy atom. The molecular weight excluding hydrogens is 144 g/mol. The third kappa shape index (κ3) is 2.84. The van der Waals surface area contributed by atoms with Crippen LogP contribution in [-0.2, 0) is 4.79 Å². The van der Waals surface area contributed by atoms with E-state index in [1.807, 2.05) is 6.92 Å². The number of hydrogen-bond acceptors (Lipinski definition) is 2. The topological polar surface area (TPSA) is 63.4 Å². The zero-order valence-electron chi connectivity index (χ0n) is 6.54. The highest BCUT2D eigenvalue weighted by atomic mass is 16.2. The highest BCUT2D eigenvalue weighted by Crippen LogP contribution is 1.92. The van der Waals surface area contributed by atoms with Crippen molar-refractivity contribution < 1.29 is 9.59 Å². The summed E-state index contributed by atoms with van der Waals surface area (Å²) in [7, 11) is 0. The first-order chi connectivity index (χ1) is 5.13. The van der Waals surface area contributed by atoms with Gasteiger partial charge in [-0.25, -0.2) is 4.79 Å². The van der Waals surface area contributed by atoms with Crippen LogP contribution in [0.5, 0.6) is 0 Å². The maximum absolute atomic E-state index is 10.9. The minimum atomic E-state index is -0.725. The summed E-state index contributed by atoms with van der Waals surface area (Å²) in [5, 5.41) is 0. The number of urea groups is 1. The molecule has 0 radical (unpaired) electrons. The maximum atomic E-state index is 10.9. The summed E-state index contributed by atoms with van der Waals surface area (Å²) >= 11 is 0. The molecule has 0 aliphatic heterocycles. The van der Waals surface area contributed by atoms with Crippen molar-refractivity contribution in [1.29, 1.82) is 0 Å². The predicted octanol–water partition coefficient (Wildman–Crippen LogP) is 0.490. The molecule has 0 fully saturated rings. The van der Waals surface area contributed by atoms with Crippen molar-refractivity contribution in [2.45, 2.75) is 13.3 Å². The van der Waals surface area contributed by atoms with Gasteiger partial charge in [-0.05, 0) is 12.5 Å². The molecule has 4 heteroatoms.